The van der Waals surface area contributed by atoms with Crippen LogP contribution in [-0.4, -0.2) is 18.4 Å². The summed E-state index contributed by atoms with van der Waals surface area (Å²) in [5.74, 6) is 0.817. The lowest BCUT2D eigenvalue weighted by Gasteiger charge is -2.05. The van der Waals surface area contributed by atoms with Gasteiger partial charge in [0, 0.05) is 0 Å². The van der Waals surface area contributed by atoms with E-state index < -0.39 is 0 Å². The zero-order valence-corrected chi connectivity index (χ0v) is 5.22. The standard InChI is InChI=1S/C6H13NO/c1-7-6(8)4-5-2-3-5/h5-8H,2-4H2,1H3. The molecule has 1 aliphatic carbocycles. The first-order valence-corrected chi connectivity index (χ1v) is 3.18. The van der Waals surface area contributed by atoms with Gasteiger partial charge in [0.25, 0.3) is 0 Å². The Morgan fingerprint density at radius 2 is 2.38 bits per heavy atom. The monoisotopic (exact) mass is 115 g/mol. The van der Waals surface area contributed by atoms with Gasteiger partial charge in [0.15, 0.2) is 0 Å². The summed E-state index contributed by atoms with van der Waals surface area (Å²) in [6, 6.07) is 0. The Hall–Kier alpha value is -0.0800. The summed E-state index contributed by atoms with van der Waals surface area (Å²) in [5, 5.41) is 11.7. The summed E-state index contributed by atoms with van der Waals surface area (Å²) in [6.07, 6.45) is 3.32. The third-order valence-electron chi connectivity index (χ3n) is 1.59. The summed E-state index contributed by atoms with van der Waals surface area (Å²) in [4.78, 5) is 0. The second kappa shape index (κ2) is 2.46. The van der Waals surface area contributed by atoms with Crippen molar-refractivity contribution >= 4 is 0 Å². The molecule has 0 saturated heterocycles. The molecule has 0 aromatic heterocycles. The van der Waals surface area contributed by atoms with Crippen LogP contribution in [0.25, 0.3) is 0 Å². The maximum atomic E-state index is 8.96. The van der Waals surface area contributed by atoms with E-state index in [9.17, 15) is 0 Å². The maximum absolute atomic E-state index is 8.96. The first kappa shape index (κ1) is 6.05. The smallest absolute Gasteiger partial charge is 0.104 e. The molecule has 1 fully saturated rings. The number of nitrogens with one attached hydrogen (secondary N) is 1. The van der Waals surface area contributed by atoms with Crippen LogP contribution in [0, 0.1) is 5.92 Å². The van der Waals surface area contributed by atoms with Crippen LogP contribution >= 0.6 is 0 Å². The van der Waals surface area contributed by atoms with Crippen LogP contribution in [0.1, 0.15) is 19.3 Å². The van der Waals surface area contributed by atoms with E-state index in [-0.39, 0.29) is 6.23 Å². The fraction of sp³-hybridized carbons (Fsp3) is 1.00. The normalized spacial score (nSPS) is 23.2. The van der Waals surface area contributed by atoms with Gasteiger partial charge >= 0.3 is 0 Å². The van der Waals surface area contributed by atoms with E-state index in [2.05, 4.69) is 5.32 Å². The largest absolute Gasteiger partial charge is 0.379 e. The van der Waals surface area contributed by atoms with Crippen molar-refractivity contribution in [3.63, 3.8) is 0 Å². The highest BCUT2D eigenvalue weighted by molar-refractivity contribution is 4.74. The van der Waals surface area contributed by atoms with E-state index >= 15 is 0 Å². The molecule has 1 unspecified atom stereocenters. The fourth-order valence-corrected chi connectivity index (χ4v) is 0.787. The van der Waals surface area contributed by atoms with Crippen molar-refractivity contribution in [2.24, 2.45) is 5.92 Å². The Morgan fingerprint density at radius 3 is 2.75 bits per heavy atom. The lowest BCUT2D eigenvalue weighted by molar-refractivity contribution is 0.131. The quantitative estimate of drug-likeness (QED) is 0.519. The minimum atomic E-state index is -0.262. The summed E-state index contributed by atoms with van der Waals surface area (Å²) < 4.78 is 0. The van der Waals surface area contributed by atoms with Gasteiger partial charge in [-0.25, -0.2) is 0 Å². The molecule has 2 nitrogen and oxygen atoms in total. The number of rotatable bonds is 3. The number of aliphatic hydroxyl groups is 1. The number of hydrogen-bond acceptors (Lipinski definition) is 2. The van der Waals surface area contributed by atoms with Gasteiger partial charge in [0.05, 0.1) is 0 Å². The Labute approximate surface area is 49.9 Å². The predicted octanol–water partition coefficient (Wildman–Crippen LogP) is 0.324. The van der Waals surface area contributed by atoms with Crippen molar-refractivity contribution in [3.8, 4) is 0 Å². The summed E-state index contributed by atoms with van der Waals surface area (Å²) in [5.41, 5.74) is 0. The highest BCUT2D eigenvalue weighted by atomic mass is 16.3. The van der Waals surface area contributed by atoms with Crippen LogP contribution in [0.15, 0.2) is 0 Å². The van der Waals surface area contributed by atoms with Gasteiger partial charge in [0.2, 0.25) is 0 Å². The van der Waals surface area contributed by atoms with Crippen LogP contribution < -0.4 is 5.32 Å². The SMILES string of the molecule is CNC(O)CC1CC1. The van der Waals surface area contributed by atoms with Crippen molar-refractivity contribution < 1.29 is 5.11 Å². The minimum Gasteiger partial charge on any atom is -0.379 e. The van der Waals surface area contributed by atoms with Gasteiger partial charge in [-0.05, 0) is 19.4 Å². The molecule has 0 aromatic rings. The van der Waals surface area contributed by atoms with Gasteiger partial charge < -0.3 is 5.11 Å². The molecule has 2 N–H and O–H groups in total. The van der Waals surface area contributed by atoms with E-state index in [4.69, 9.17) is 5.11 Å². The molecule has 1 aliphatic rings. The molecule has 0 spiro atoms. The first-order valence-electron chi connectivity index (χ1n) is 3.18. The van der Waals surface area contributed by atoms with Crippen molar-refractivity contribution in [1.82, 2.24) is 5.32 Å². The molecule has 0 heterocycles. The van der Waals surface area contributed by atoms with E-state index in [1.54, 1.807) is 7.05 Å². The van der Waals surface area contributed by atoms with Gasteiger partial charge in [0.1, 0.15) is 6.23 Å². The molecule has 0 radical (unpaired) electrons. The predicted molar refractivity (Wildman–Crippen MR) is 32.4 cm³/mol. The lowest BCUT2D eigenvalue weighted by Crippen LogP contribution is -2.24. The Balaban J connectivity index is 1.98. The molecule has 2 heteroatoms. The van der Waals surface area contributed by atoms with Crippen molar-refractivity contribution in [2.75, 3.05) is 7.05 Å². The molecule has 0 amide bonds. The topological polar surface area (TPSA) is 32.3 Å². The molecule has 1 rings (SSSR count). The maximum Gasteiger partial charge on any atom is 0.104 e. The van der Waals surface area contributed by atoms with Crippen molar-refractivity contribution in [2.45, 2.75) is 25.5 Å². The Morgan fingerprint density at radius 1 is 1.75 bits per heavy atom. The molecule has 8 heavy (non-hydrogen) atoms. The second-order valence-corrected chi connectivity index (χ2v) is 2.48. The van der Waals surface area contributed by atoms with E-state index in [0.717, 1.165) is 12.3 Å². The molecule has 48 valence electrons. The van der Waals surface area contributed by atoms with E-state index in [1.165, 1.54) is 12.8 Å². The first-order chi connectivity index (χ1) is 3.83. The Bertz CT molecular complexity index is 70.9. The number of aliphatic hydroxyl groups excluding tert-OH is 1. The second-order valence-electron chi connectivity index (χ2n) is 2.48. The molecular formula is C6H13NO. The van der Waals surface area contributed by atoms with Crippen LogP contribution in [0.5, 0.6) is 0 Å². The zero-order chi connectivity index (χ0) is 5.98. The average Bonchev–Trinajstić information content (AvgIpc) is 2.50. The van der Waals surface area contributed by atoms with E-state index in [0.29, 0.717) is 0 Å². The van der Waals surface area contributed by atoms with Crippen molar-refractivity contribution in [3.05, 3.63) is 0 Å². The summed E-state index contributed by atoms with van der Waals surface area (Å²) >= 11 is 0. The highest BCUT2D eigenvalue weighted by Gasteiger charge is 2.23. The zero-order valence-electron chi connectivity index (χ0n) is 5.22. The van der Waals surface area contributed by atoms with Crippen LogP contribution in [0.2, 0.25) is 0 Å². The van der Waals surface area contributed by atoms with Gasteiger partial charge in [-0.15, -0.1) is 0 Å². The highest BCUT2D eigenvalue weighted by Crippen LogP contribution is 2.32. The van der Waals surface area contributed by atoms with E-state index in [1.807, 2.05) is 0 Å². The van der Waals surface area contributed by atoms with Crippen LogP contribution in [0.4, 0.5) is 0 Å². The van der Waals surface area contributed by atoms with Gasteiger partial charge in [-0.1, -0.05) is 12.8 Å². The average molecular weight is 115 g/mol. The molecular weight excluding hydrogens is 102 g/mol. The molecule has 1 saturated carbocycles. The third kappa shape index (κ3) is 1.80. The number of hydrogen-bond donors (Lipinski definition) is 2. The summed E-state index contributed by atoms with van der Waals surface area (Å²) in [7, 11) is 1.78. The molecule has 1 atom stereocenters. The minimum absolute atomic E-state index is 0.262. The third-order valence-corrected chi connectivity index (χ3v) is 1.59. The fourth-order valence-electron chi connectivity index (χ4n) is 0.787. The van der Waals surface area contributed by atoms with Crippen molar-refractivity contribution in [1.29, 1.82) is 0 Å². The van der Waals surface area contributed by atoms with Crippen LogP contribution in [0.3, 0.4) is 0 Å². The Kier molecular flexibility index (Phi) is 1.86. The summed E-state index contributed by atoms with van der Waals surface area (Å²) in [6.45, 7) is 0. The van der Waals surface area contributed by atoms with Gasteiger partial charge in [-0.3, -0.25) is 5.32 Å². The molecule has 0 bridgehead atoms. The molecule has 0 aromatic carbocycles. The van der Waals surface area contributed by atoms with Gasteiger partial charge in [-0.2, -0.15) is 0 Å². The van der Waals surface area contributed by atoms with Crippen LogP contribution in [-0.2, 0) is 0 Å². The molecule has 0 aliphatic heterocycles. The lowest BCUT2D eigenvalue weighted by atomic mass is 10.3.